The van der Waals surface area contributed by atoms with Gasteiger partial charge in [-0.05, 0) is 19.3 Å². The van der Waals surface area contributed by atoms with E-state index in [0.29, 0.717) is 0 Å². The van der Waals surface area contributed by atoms with Gasteiger partial charge in [0.1, 0.15) is 0 Å². The molecule has 0 spiro atoms. The number of hydrogen-bond donors (Lipinski definition) is 2. The largest absolute Gasteiger partial charge is 0.468 e. The van der Waals surface area contributed by atoms with Gasteiger partial charge in [0.2, 0.25) is 0 Å². The lowest BCUT2D eigenvalue weighted by atomic mass is 10.2. The molecule has 1 fully saturated rings. The van der Waals surface area contributed by atoms with Crippen LogP contribution in [0.3, 0.4) is 0 Å². The van der Waals surface area contributed by atoms with Gasteiger partial charge in [-0.15, -0.1) is 0 Å². The quantitative estimate of drug-likeness (QED) is 0.573. The van der Waals surface area contributed by atoms with Crippen LogP contribution in [0.4, 0.5) is 0 Å². The van der Waals surface area contributed by atoms with E-state index in [4.69, 9.17) is 0 Å². The van der Waals surface area contributed by atoms with Gasteiger partial charge < -0.3 is 15.2 Å². The smallest absolute Gasteiger partial charge is 0.319 e. The SMILES string of the molecule is COC(=O)CN[C@@H]1CCC[C@H]1O. The number of aliphatic hydroxyl groups excluding tert-OH is 1. The minimum absolute atomic E-state index is 0.0732. The van der Waals surface area contributed by atoms with Gasteiger partial charge in [0, 0.05) is 6.04 Å². The van der Waals surface area contributed by atoms with Crippen molar-refractivity contribution in [2.24, 2.45) is 0 Å². The summed E-state index contributed by atoms with van der Waals surface area (Å²) in [6, 6.07) is 0.0732. The van der Waals surface area contributed by atoms with Gasteiger partial charge in [0.25, 0.3) is 0 Å². The second-order valence-electron chi connectivity index (χ2n) is 3.06. The summed E-state index contributed by atoms with van der Waals surface area (Å²) in [4.78, 5) is 10.7. The van der Waals surface area contributed by atoms with Crippen LogP contribution in [0.1, 0.15) is 19.3 Å². The summed E-state index contributed by atoms with van der Waals surface area (Å²) in [5, 5.41) is 12.3. The molecule has 4 nitrogen and oxygen atoms in total. The first-order valence-electron chi connectivity index (χ1n) is 4.22. The number of esters is 1. The van der Waals surface area contributed by atoms with Crippen LogP contribution >= 0.6 is 0 Å². The fraction of sp³-hybridized carbons (Fsp3) is 0.875. The maximum atomic E-state index is 10.7. The van der Waals surface area contributed by atoms with Crippen LogP contribution in [-0.4, -0.2) is 36.9 Å². The molecule has 0 aromatic heterocycles. The minimum Gasteiger partial charge on any atom is -0.468 e. The summed E-state index contributed by atoms with van der Waals surface area (Å²) >= 11 is 0. The third-order valence-electron chi connectivity index (χ3n) is 2.22. The molecule has 0 saturated heterocycles. The Bertz CT molecular complexity index is 160. The summed E-state index contributed by atoms with van der Waals surface area (Å²) in [7, 11) is 1.36. The minimum atomic E-state index is -0.297. The molecule has 4 heteroatoms. The van der Waals surface area contributed by atoms with E-state index >= 15 is 0 Å². The predicted octanol–water partition coefficient (Wildman–Crippen LogP) is -0.338. The van der Waals surface area contributed by atoms with Crippen molar-refractivity contribution >= 4 is 5.97 Å². The lowest BCUT2D eigenvalue weighted by Gasteiger charge is -2.14. The molecule has 0 bridgehead atoms. The van der Waals surface area contributed by atoms with E-state index in [0.717, 1.165) is 19.3 Å². The first-order chi connectivity index (χ1) is 5.74. The van der Waals surface area contributed by atoms with Crippen LogP contribution in [0.25, 0.3) is 0 Å². The standard InChI is InChI=1S/C8H15NO3/c1-12-8(11)5-9-6-3-2-4-7(6)10/h6-7,9-10H,2-5H2,1H3/t6-,7-/m1/s1. The molecule has 0 radical (unpaired) electrons. The first kappa shape index (κ1) is 9.48. The molecule has 1 aliphatic rings. The average molecular weight is 173 g/mol. The van der Waals surface area contributed by atoms with Crippen LogP contribution in [0.5, 0.6) is 0 Å². The number of nitrogens with one attached hydrogen (secondary N) is 1. The topological polar surface area (TPSA) is 58.6 Å². The number of carbonyl (C=O) groups is 1. The van der Waals surface area contributed by atoms with E-state index in [1.807, 2.05) is 0 Å². The van der Waals surface area contributed by atoms with Crippen LogP contribution in [0, 0.1) is 0 Å². The lowest BCUT2D eigenvalue weighted by Crippen LogP contribution is -2.39. The molecule has 12 heavy (non-hydrogen) atoms. The molecular weight excluding hydrogens is 158 g/mol. The highest BCUT2D eigenvalue weighted by Gasteiger charge is 2.24. The van der Waals surface area contributed by atoms with Gasteiger partial charge in [-0.3, -0.25) is 4.79 Å². The summed E-state index contributed by atoms with van der Waals surface area (Å²) in [5.74, 6) is -0.283. The second kappa shape index (κ2) is 4.42. The number of aliphatic hydroxyl groups is 1. The normalized spacial score (nSPS) is 28.8. The van der Waals surface area contributed by atoms with Gasteiger partial charge in [-0.25, -0.2) is 0 Å². The number of methoxy groups -OCH3 is 1. The predicted molar refractivity (Wildman–Crippen MR) is 43.7 cm³/mol. The van der Waals surface area contributed by atoms with Crippen molar-refractivity contribution in [1.82, 2.24) is 5.32 Å². The van der Waals surface area contributed by atoms with Gasteiger partial charge in [0.05, 0.1) is 19.8 Å². The van der Waals surface area contributed by atoms with E-state index in [1.54, 1.807) is 0 Å². The maximum absolute atomic E-state index is 10.7. The Labute approximate surface area is 71.9 Å². The van der Waals surface area contributed by atoms with Crippen molar-refractivity contribution in [3.05, 3.63) is 0 Å². The highest BCUT2D eigenvalue weighted by molar-refractivity contribution is 5.71. The summed E-state index contributed by atoms with van der Waals surface area (Å²) < 4.78 is 4.46. The highest BCUT2D eigenvalue weighted by atomic mass is 16.5. The molecule has 0 aliphatic heterocycles. The van der Waals surface area contributed by atoms with E-state index in [9.17, 15) is 9.90 Å². The third kappa shape index (κ3) is 2.46. The van der Waals surface area contributed by atoms with Gasteiger partial charge in [0.15, 0.2) is 0 Å². The van der Waals surface area contributed by atoms with Crippen molar-refractivity contribution in [3.8, 4) is 0 Å². The van der Waals surface area contributed by atoms with E-state index in [1.165, 1.54) is 7.11 Å². The fourth-order valence-corrected chi connectivity index (χ4v) is 1.47. The van der Waals surface area contributed by atoms with Crippen molar-refractivity contribution in [2.75, 3.05) is 13.7 Å². The monoisotopic (exact) mass is 173 g/mol. The summed E-state index contributed by atoms with van der Waals surface area (Å²) in [6.45, 7) is 0.193. The average Bonchev–Trinajstić information content (AvgIpc) is 2.47. The van der Waals surface area contributed by atoms with Crippen molar-refractivity contribution < 1.29 is 14.6 Å². The Balaban J connectivity index is 2.18. The van der Waals surface area contributed by atoms with Gasteiger partial charge in [-0.2, -0.15) is 0 Å². The summed E-state index contributed by atoms with van der Waals surface area (Å²) in [6.07, 6.45) is 2.51. The number of hydrogen-bond acceptors (Lipinski definition) is 4. The third-order valence-corrected chi connectivity index (χ3v) is 2.22. The Hall–Kier alpha value is -0.610. The lowest BCUT2D eigenvalue weighted by molar-refractivity contribution is -0.139. The van der Waals surface area contributed by atoms with Crippen LogP contribution < -0.4 is 5.32 Å². The number of rotatable bonds is 3. The van der Waals surface area contributed by atoms with Crippen LogP contribution in [0.15, 0.2) is 0 Å². The molecule has 0 unspecified atom stereocenters. The number of carbonyl (C=O) groups excluding carboxylic acids is 1. The van der Waals surface area contributed by atoms with Gasteiger partial charge >= 0.3 is 5.97 Å². The van der Waals surface area contributed by atoms with Gasteiger partial charge in [-0.1, -0.05) is 0 Å². The molecule has 1 rings (SSSR count). The highest BCUT2D eigenvalue weighted by Crippen LogP contribution is 2.18. The number of ether oxygens (including phenoxy) is 1. The Kier molecular flexibility index (Phi) is 3.49. The zero-order valence-electron chi connectivity index (χ0n) is 7.25. The molecule has 0 aromatic rings. The molecule has 70 valence electrons. The Morgan fingerprint density at radius 3 is 2.92 bits per heavy atom. The molecule has 0 amide bonds. The summed E-state index contributed by atoms with van der Waals surface area (Å²) in [5.41, 5.74) is 0. The van der Waals surface area contributed by atoms with E-state index < -0.39 is 0 Å². The van der Waals surface area contributed by atoms with Crippen molar-refractivity contribution in [1.29, 1.82) is 0 Å². The molecule has 0 aromatic carbocycles. The molecule has 2 atom stereocenters. The molecule has 1 saturated carbocycles. The maximum Gasteiger partial charge on any atom is 0.319 e. The fourth-order valence-electron chi connectivity index (χ4n) is 1.47. The van der Waals surface area contributed by atoms with E-state index in [-0.39, 0.29) is 24.7 Å². The molecular formula is C8H15NO3. The van der Waals surface area contributed by atoms with E-state index in [2.05, 4.69) is 10.1 Å². The molecule has 2 N–H and O–H groups in total. The Morgan fingerprint density at radius 2 is 2.42 bits per heavy atom. The second-order valence-corrected chi connectivity index (χ2v) is 3.06. The Morgan fingerprint density at radius 1 is 1.67 bits per heavy atom. The van der Waals surface area contributed by atoms with Crippen molar-refractivity contribution in [3.63, 3.8) is 0 Å². The molecule has 1 aliphatic carbocycles. The first-order valence-corrected chi connectivity index (χ1v) is 4.22. The zero-order chi connectivity index (χ0) is 8.97. The van der Waals surface area contributed by atoms with Crippen LogP contribution in [0.2, 0.25) is 0 Å². The van der Waals surface area contributed by atoms with Crippen LogP contribution in [-0.2, 0) is 9.53 Å². The zero-order valence-corrected chi connectivity index (χ0v) is 7.25. The van der Waals surface area contributed by atoms with Crippen molar-refractivity contribution in [2.45, 2.75) is 31.4 Å². The molecule has 0 heterocycles.